The summed E-state index contributed by atoms with van der Waals surface area (Å²) in [4.78, 5) is 11.0. The molecule has 0 unspecified atom stereocenters. The van der Waals surface area contributed by atoms with E-state index in [1.54, 1.807) is 12.4 Å². The van der Waals surface area contributed by atoms with E-state index in [1.807, 2.05) is 6.92 Å². The third-order valence-electron chi connectivity index (χ3n) is 1.97. The second-order valence-corrected chi connectivity index (χ2v) is 3.98. The van der Waals surface area contributed by atoms with Gasteiger partial charge < -0.3 is 0 Å². The van der Waals surface area contributed by atoms with Crippen LogP contribution < -0.4 is 4.98 Å². The van der Waals surface area contributed by atoms with Crippen molar-refractivity contribution in [1.29, 1.82) is 0 Å². The second kappa shape index (κ2) is 4.02. The molecule has 0 radical (unpaired) electrons. The Morgan fingerprint density at radius 2 is 2.13 bits per heavy atom. The highest BCUT2D eigenvalue weighted by atomic mass is 79.9. The molecule has 1 N–H and O–H groups in total. The molecule has 2 heterocycles. The Bertz CT molecular complexity index is 485. The molecule has 3 nitrogen and oxygen atoms in total. The van der Waals surface area contributed by atoms with Gasteiger partial charge in [0.1, 0.15) is 16.5 Å². The maximum absolute atomic E-state index is 13.0. The third kappa shape index (κ3) is 2.18. The zero-order valence-corrected chi connectivity index (χ0v) is 9.55. The number of pyridine rings is 1. The van der Waals surface area contributed by atoms with Crippen LogP contribution in [0.1, 0.15) is 5.69 Å². The highest BCUT2D eigenvalue weighted by molar-refractivity contribution is 9.10. The summed E-state index contributed by atoms with van der Waals surface area (Å²) in [7, 11) is 0. The van der Waals surface area contributed by atoms with Crippen LogP contribution in [0, 0.1) is 12.7 Å². The summed E-state index contributed by atoms with van der Waals surface area (Å²) >= 11 is 3.27. The lowest BCUT2D eigenvalue weighted by atomic mass is 10.2. The first-order valence-electron chi connectivity index (χ1n) is 4.32. The van der Waals surface area contributed by atoms with Crippen molar-refractivity contribution in [2.45, 2.75) is 6.92 Å². The predicted molar refractivity (Wildman–Crippen MR) is 56.4 cm³/mol. The lowest BCUT2D eigenvalue weighted by molar-refractivity contribution is -0.369. The van der Waals surface area contributed by atoms with E-state index in [-0.39, 0.29) is 5.82 Å². The number of hydrogen-bond donors (Lipinski definition) is 0. The van der Waals surface area contributed by atoms with Crippen LogP contribution in [0.5, 0.6) is 0 Å². The van der Waals surface area contributed by atoms with Crippen LogP contribution in [-0.4, -0.2) is 9.97 Å². The van der Waals surface area contributed by atoms with Gasteiger partial charge in [-0.05, 0) is 33.9 Å². The quantitative estimate of drug-likeness (QED) is 0.796. The molecule has 0 atom stereocenters. The SMILES string of the molecule is Cc1ncc(F)cc1-c1ncc(Br)c[nH+]1. The fourth-order valence-corrected chi connectivity index (χ4v) is 1.45. The minimum Gasteiger partial charge on any atom is -0.258 e. The molecule has 2 rings (SSSR count). The molecule has 0 aromatic carbocycles. The van der Waals surface area contributed by atoms with Crippen LogP contribution in [0.15, 0.2) is 29.1 Å². The molecule has 5 heteroatoms. The monoisotopic (exact) mass is 268 g/mol. The number of nitrogens with zero attached hydrogens (tertiary/aromatic N) is 2. The predicted octanol–water partition coefficient (Wildman–Crippen LogP) is 2.17. The zero-order chi connectivity index (χ0) is 10.8. The van der Waals surface area contributed by atoms with E-state index in [9.17, 15) is 4.39 Å². The van der Waals surface area contributed by atoms with E-state index in [4.69, 9.17) is 0 Å². The number of halogens is 2. The van der Waals surface area contributed by atoms with Gasteiger partial charge in [0.05, 0.1) is 17.5 Å². The molecular formula is C10H8BrFN3+. The zero-order valence-electron chi connectivity index (χ0n) is 7.96. The molecule has 0 aliphatic heterocycles. The smallest absolute Gasteiger partial charge is 0.258 e. The van der Waals surface area contributed by atoms with Crippen molar-refractivity contribution in [3.63, 3.8) is 0 Å². The molecule has 15 heavy (non-hydrogen) atoms. The van der Waals surface area contributed by atoms with Crippen LogP contribution in [0.3, 0.4) is 0 Å². The molecule has 0 saturated carbocycles. The van der Waals surface area contributed by atoms with Crippen molar-refractivity contribution in [1.82, 2.24) is 9.97 Å². The Hall–Kier alpha value is -1.36. The molecule has 0 bridgehead atoms. The first-order valence-corrected chi connectivity index (χ1v) is 5.12. The summed E-state index contributed by atoms with van der Waals surface area (Å²) in [5.41, 5.74) is 1.41. The van der Waals surface area contributed by atoms with Crippen molar-refractivity contribution >= 4 is 15.9 Å². The maximum atomic E-state index is 13.0. The molecule has 0 saturated heterocycles. The average Bonchev–Trinajstić information content (AvgIpc) is 2.23. The van der Waals surface area contributed by atoms with Crippen LogP contribution in [0.25, 0.3) is 11.4 Å². The summed E-state index contributed by atoms with van der Waals surface area (Å²) < 4.78 is 13.8. The van der Waals surface area contributed by atoms with Crippen molar-refractivity contribution < 1.29 is 9.37 Å². The van der Waals surface area contributed by atoms with E-state index >= 15 is 0 Å². The number of aromatic amines is 1. The van der Waals surface area contributed by atoms with Crippen LogP contribution in [0.4, 0.5) is 4.39 Å². The Morgan fingerprint density at radius 1 is 1.33 bits per heavy atom. The average molecular weight is 269 g/mol. The number of nitrogens with one attached hydrogen (secondary N) is 1. The Balaban J connectivity index is 2.53. The van der Waals surface area contributed by atoms with E-state index in [2.05, 4.69) is 30.9 Å². The first kappa shape index (κ1) is 10.2. The summed E-state index contributed by atoms with van der Waals surface area (Å²) in [5, 5.41) is 0. The number of rotatable bonds is 1. The molecule has 2 aromatic heterocycles. The van der Waals surface area contributed by atoms with Crippen molar-refractivity contribution in [3.8, 4) is 11.4 Å². The molecule has 0 aliphatic rings. The Labute approximate surface area is 94.5 Å². The minimum atomic E-state index is -0.367. The van der Waals surface area contributed by atoms with Crippen molar-refractivity contribution in [3.05, 3.63) is 40.6 Å². The molecule has 0 spiro atoms. The number of aryl methyl sites for hydroxylation is 1. The van der Waals surface area contributed by atoms with E-state index < -0.39 is 0 Å². The van der Waals surface area contributed by atoms with Gasteiger partial charge in [-0.15, -0.1) is 0 Å². The normalized spacial score (nSPS) is 10.3. The van der Waals surface area contributed by atoms with Gasteiger partial charge >= 0.3 is 5.82 Å². The van der Waals surface area contributed by atoms with E-state index in [1.165, 1.54) is 12.3 Å². The van der Waals surface area contributed by atoms with Crippen molar-refractivity contribution in [2.75, 3.05) is 0 Å². The molecule has 76 valence electrons. The summed E-state index contributed by atoms with van der Waals surface area (Å²) in [6, 6.07) is 1.41. The largest absolute Gasteiger partial charge is 0.329 e. The number of aromatic nitrogens is 3. The highest BCUT2D eigenvalue weighted by Gasteiger charge is 2.13. The Morgan fingerprint density at radius 3 is 2.80 bits per heavy atom. The van der Waals surface area contributed by atoms with E-state index in [0.717, 1.165) is 10.2 Å². The molecule has 0 amide bonds. The van der Waals surface area contributed by atoms with Gasteiger partial charge in [-0.3, -0.25) is 4.98 Å². The van der Waals surface area contributed by atoms with Gasteiger partial charge in [0.2, 0.25) is 0 Å². The molecule has 0 aliphatic carbocycles. The molecule has 0 fully saturated rings. The maximum Gasteiger partial charge on any atom is 0.329 e. The Kier molecular flexibility index (Phi) is 2.73. The van der Waals surface area contributed by atoms with Gasteiger partial charge in [0, 0.05) is 0 Å². The van der Waals surface area contributed by atoms with Gasteiger partial charge in [-0.2, -0.15) is 0 Å². The lowest BCUT2D eigenvalue weighted by Crippen LogP contribution is -2.09. The summed E-state index contributed by atoms with van der Waals surface area (Å²) in [6.45, 7) is 1.81. The van der Waals surface area contributed by atoms with Gasteiger partial charge in [0.25, 0.3) is 0 Å². The number of H-pyrrole nitrogens is 1. The summed E-state index contributed by atoms with van der Waals surface area (Å²) in [5.74, 6) is 0.233. The highest BCUT2D eigenvalue weighted by Crippen LogP contribution is 2.17. The van der Waals surface area contributed by atoms with Crippen LogP contribution >= 0.6 is 15.9 Å². The minimum absolute atomic E-state index is 0.367. The van der Waals surface area contributed by atoms with Crippen molar-refractivity contribution in [2.24, 2.45) is 0 Å². The number of hydrogen-bond acceptors (Lipinski definition) is 2. The molecular weight excluding hydrogens is 261 g/mol. The van der Waals surface area contributed by atoms with Crippen LogP contribution in [0.2, 0.25) is 0 Å². The van der Waals surface area contributed by atoms with Gasteiger partial charge in [-0.1, -0.05) is 0 Å². The first-order chi connectivity index (χ1) is 7.16. The van der Waals surface area contributed by atoms with Gasteiger partial charge in [0.15, 0.2) is 6.20 Å². The fraction of sp³-hybridized carbons (Fsp3) is 0.100. The standard InChI is InChI=1S/C10H7BrFN3/c1-6-9(2-8(12)5-13-6)10-14-3-7(11)4-15-10/h2-5H,1H3/p+1. The topological polar surface area (TPSA) is 39.9 Å². The fourth-order valence-electron chi connectivity index (χ4n) is 1.23. The van der Waals surface area contributed by atoms with E-state index in [0.29, 0.717) is 11.4 Å². The molecule has 2 aromatic rings. The lowest BCUT2D eigenvalue weighted by Gasteiger charge is -1.98. The third-order valence-corrected chi connectivity index (χ3v) is 2.41. The van der Waals surface area contributed by atoms with Crippen LogP contribution in [-0.2, 0) is 0 Å². The summed E-state index contributed by atoms with van der Waals surface area (Å²) in [6.07, 6.45) is 4.58. The van der Waals surface area contributed by atoms with Gasteiger partial charge in [-0.25, -0.2) is 9.37 Å². The second-order valence-electron chi connectivity index (χ2n) is 3.07.